The van der Waals surface area contributed by atoms with Crippen LogP contribution in [0.5, 0.6) is 0 Å². The van der Waals surface area contributed by atoms with Gasteiger partial charge in [-0.05, 0) is 13.0 Å². The number of anilines is 1. The van der Waals surface area contributed by atoms with Gasteiger partial charge in [0, 0.05) is 12.4 Å². The molecule has 2 N–H and O–H groups in total. The number of esters is 1. The van der Waals surface area contributed by atoms with E-state index in [4.69, 9.17) is 22.1 Å². The van der Waals surface area contributed by atoms with Gasteiger partial charge in [-0.25, -0.2) is 14.5 Å². The summed E-state index contributed by atoms with van der Waals surface area (Å²) in [6, 6.07) is 1.57. The van der Waals surface area contributed by atoms with Crippen LogP contribution >= 0.6 is 11.6 Å². The Hall–Kier alpha value is -2.08. The molecule has 0 amide bonds. The lowest BCUT2D eigenvalue weighted by atomic mass is 10.3. The van der Waals surface area contributed by atoms with E-state index in [1.165, 1.54) is 23.3 Å². The van der Waals surface area contributed by atoms with Gasteiger partial charge in [0.25, 0.3) is 0 Å². The molecule has 0 radical (unpaired) electrons. The molecule has 0 saturated heterocycles. The number of carbonyl (C=O) groups is 1. The van der Waals surface area contributed by atoms with Crippen LogP contribution in [-0.4, -0.2) is 27.3 Å². The zero-order valence-electron chi connectivity index (χ0n) is 9.63. The third-order valence-electron chi connectivity index (χ3n) is 2.17. The number of hydrogen-bond donors (Lipinski definition) is 1. The van der Waals surface area contributed by atoms with Crippen molar-refractivity contribution in [3.8, 4) is 5.82 Å². The SMILES string of the molecule is CCOC(=O)c1cnn(-c2ncc(Cl)cc2N)c1. The molecule has 18 heavy (non-hydrogen) atoms. The van der Waals surface area contributed by atoms with E-state index in [1.54, 1.807) is 13.0 Å². The van der Waals surface area contributed by atoms with Crippen LogP contribution in [-0.2, 0) is 4.74 Å². The third kappa shape index (κ3) is 2.43. The van der Waals surface area contributed by atoms with Crippen LogP contribution in [0.25, 0.3) is 5.82 Å². The minimum atomic E-state index is -0.434. The number of pyridine rings is 1. The Labute approximate surface area is 108 Å². The molecule has 2 rings (SSSR count). The molecule has 0 aliphatic carbocycles. The molecule has 0 aliphatic rings. The van der Waals surface area contributed by atoms with Crippen LogP contribution in [0.3, 0.4) is 0 Å². The first-order valence-electron chi connectivity index (χ1n) is 5.25. The average molecular weight is 267 g/mol. The van der Waals surface area contributed by atoms with Gasteiger partial charge in [-0.15, -0.1) is 0 Å². The molecule has 7 heteroatoms. The fourth-order valence-corrected chi connectivity index (χ4v) is 1.56. The molecule has 0 bridgehead atoms. The predicted octanol–water partition coefficient (Wildman–Crippen LogP) is 1.68. The summed E-state index contributed by atoms with van der Waals surface area (Å²) >= 11 is 5.76. The molecule has 0 atom stereocenters. The first kappa shape index (κ1) is 12.4. The number of hydrogen-bond acceptors (Lipinski definition) is 5. The molecule has 0 aliphatic heterocycles. The van der Waals surface area contributed by atoms with Crippen molar-refractivity contribution in [2.45, 2.75) is 6.92 Å². The highest BCUT2D eigenvalue weighted by molar-refractivity contribution is 6.30. The standard InChI is InChI=1S/C11H11ClN4O2/c1-2-18-11(17)7-4-15-16(6-7)10-9(13)3-8(12)5-14-10/h3-6H,2,13H2,1H3. The van der Waals surface area contributed by atoms with Crippen molar-refractivity contribution >= 4 is 23.3 Å². The molecular weight excluding hydrogens is 256 g/mol. The van der Waals surface area contributed by atoms with Crippen molar-refractivity contribution in [2.24, 2.45) is 0 Å². The number of carbonyl (C=O) groups excluding carboxylic acids is 1. The van der Waals surface area contributed by atoms with Crippen LogP contribution in [0.15, 0.2) is 24.7 Å². The van der Waals surface area contributed by atoms with E-state index >= 15 is 0 Å². The van der Waals surface area contributed by atoms with Crippen molar-refractivity contribution < 1.29 is 9.53 Å². The predicted molar refractivity (Wildman–Crippen MR) is 66.7 cm³/mol. The number of ether oxygens (including phenoxy) is 1. The average Bonchev–Trinajstić information content (AvgIpc) is 2.78. The maximum Gasteiger partial charge on any atom is 0.341 e. The minimum Gasteiger partial charge on any atom is -0.462 e. The normalized spacial score (nSPS) is 10.3. The maximum atomic E-state index is 11.5. The Morgan fingerprint density at radius 2 is 2.33 bits per heavy atom. The van der Waals surface area contributed by atoms with Gasteiger partial charge in [0.15, 0.2) is 5.82 Å². The van der Waals surface area contributed by atoms with Gasteiger partial charge in [0.2, 0.25) is 0 Å². The van der Waals surface area contributed by atoms with Crippen LogP contribution in [0.4, 0.5) is 5.69 Å². The van der Waals surface area contributed by atoms with E-state index in [1.807, 2.05) is 0 Å². The van der Waals surface area contributed by atoms with Gasteiger partial charge in [-0.3, -0.25) is 0 Å². The van der Waals surface area contributed by atoms with Gasteiger partial charge >= 0.3 is 5.97 Å². The second-order valence-corrected chi connectivity index (χ2v) is 3.90. The minimum absolute atomic E-state index is 0.311. The van der Waals surface area contributed by atoms with Gasteiger partial charge in [0.05, 0.1) is 29.1 Å². The lowest BCUT2D eigenvalue weighted by Gasteiger charge is -2.03. The third-order valence-corrected chi connectivity index (χ3v) is 2.38. The Bertz CT molecular complexity index is 582. The van der Waals surface area contributed by atoms with Crippen LogP contribution in [0, 0.1) is 0 Å². The summed E-state index contributed by atoms with van der Waals surface area (Å²) in [7, 11) is 0. The quantitative estimate of drug-likeness (QED) is 0.855. The highest BCUT2D eigenvalue weighted by Gasteiger charge is 2.12. The topological polar surface area (TPSA) is 83.0 Å². The lowest BCUT2D eigenvalue weighted by molar-refractivity contribution is 0.0526. The molecule has 2 heterocycles. The zero-order valence-corrected chi connectivity index (χ0v) is 10.4. The van der Waals surface area contributed by atoms with Crippen LogP contribution in [0.2, 0.25) is 5.02 Å². The number of aromatic nitrogens is 3. The Balaban J connectivity index is 2.32. The van der Waals surface area contributed by atoms with Gasteiger partial charge in [-0.2, -0.15) is 5.10 Å². The lowest BCUT2D eigenvalue weighted by Crippen LogP contribution is -2.04. The Kier molecular flexibility index (Phi) is 3.47. The molecule has 0 fully saturated rings. The molecule has 2 aromatic rings. The van der Waals surface area contributed by atoms with Gasteiger partial charge < -0.3 is 10.5 Å². The number of nitrogens with zero attached hydrogens (tertiary/aromatic N) is 3. The van der Waals surface area contributed by atoms with E-state index in [0.717, 1.165) is 0 Å². The number of nitrogens with two attached hydrogens (primary N) is 1. The summed E-state index contributed by atoms with van der Waals surface area (Å²) in [5, 5.41) is 4.45. The largest absolute Gasteiger partial charge is 0.462 e. The monoisotopic (exact) mass is 266 g/mol. The summed E-state index contributed by atoms with van der Waals surface area (Å²) in [5.41, 5.74) is 6.49. The van der Waals surface area contributed by atoms with E-state index in [0.29, 0.717) is 28.7 Å². The molecule has 94 valence electrons. The second-order valence-electron chi connectivity index (χ2n) is 3.46. The molecule has 0 spiro atoms. The molecule has 0 unspecified atom stereocenters. The number of halogens is 1. The maximum absolute atomic E-state index is 11.5. The zero-order chi connectivity index (χ0) is 13.1. The summed E-state index contributed by atoms with van der Waals surface area (Å²) in [6.45, 7) is 2.05. The van der Waals surface area contributed by atoms with Gasteiger partial charge in [0.1, 0.15) is 0 Å². The smallest absolute Gasteiger partial charge is 0.341 e. The first-order valence-corrected chi connectivity index (χ1v) is 5.62. The molecule has 2 aromatic heterocycles. The van der Waals surface area contributed by atoms with Crippen molar-refractivity contribution in [3.05, 3.63) is 35.2 Å². The molecule has 0 saturated carbocycles. The van der Waals surface area contributed by atoms with E-state index in [9.17, 15) is 4.79 Å². The summed E-state index contributed by atoms with van der Waals surface area (Å²) in [5.74, 6) is -0.0220. The molecule has 6 nitrogen and oxygen atoms in total. The molecule has 0 aromatic carbocycles. The van der Waals surface area contributed by atoms with E-state index < -0.39 is 5.97 Å². The van der Waals surface area contributed by atoms with E-state index in [2.05, 4.69) is 10.1 Å². The summed E-state index contributed by atoms with van der Waals surface area (Å²) in [6.07, 6.45) is 4.36. The van der Waals surface area contributed by atoms with E-state index in [-0.39, 0.29) is 0 Å². The first-order chi connectivity index (χ1) is 8.61. The van der Waals surface area contributed by atoms with Crippen LogP contribution in [0.1, 0.15) is 17.3 Å². The number of nitrogen functional groups attached to an aromatic ring is 1. The fraction of sp³-hybridized carbons (Fsp3) is 0.182. The fourth-order valence-electron chi connectivity index (χ4n) is 1.40. The van der Waals surface area contributed by atoms with Gasteiger partial charge in [-0.1, -0.05) is 11.6 Å². The van der Waals surface area contributed by atoms with Crippen molar-refractivity contribution in [1.82, 2.24) is 14.8 Å². The van der Waals surface area contributed by atoms with Crippen molar-refractivity contribution in [1.29, 1.82) is 0 Å². The highest BCUT2D eigenvalue weighted by Crippen LogP contribution is 2.18. The number of rotatable bonds is 3. The molecular formula is C11H11ClN4O2. The second kappa shape index (κ2) is 5.05. The Morgan fingerprint density at radius 3 is 3.00 bits per heavy atom. The van der Waals surface area contributed by atoms with Crippen molar-refractivity contribution in [2.75, 3.05) is 12.3 Å². The van der Waals surface area contributed by atoms with Crippen LogP contribution < -0.4 is 5.73 Å². The summed E-state index contributed by atoms with van der Waals surface area (Å²) in [4.78, 5) is 15.5. The van der Waals surface area contributed by atoms with Crippen molar-refractivity contribution in [3.63, 3.8) is 0 Å². The highest BCUT2D eigenvalue weighted by atomic mass is 35.5. The Morgan fingerprint density at radius 1 is 1.56 bits per heavy atom. The summed E-state index contributed by atoms with van der Waals surface area (Å²) < 4.78 is 6.26.